The predicted octanol–water partition coefficient (Wildman–Crippen LogP) is 4.15. The third-order valence-corrected chi connectivity index (χ3v) is 4.38. The van der Waals surface area contributed by atoms with Crippen molar-refractivity contribution in [2.75, 3.05) is 5.32 Å². The lowest BCUT2D eigenvalue weighted by atomic mass is 10.1. The van der Waals surface area contributed by atoms with Crippen molar-refractivity contribution in [2.45, 2.75) is 33.7 Å². The second-order valence-electron chi connectivity index (χ2n) is 4.80. The largest absolute Gasteiger partial charge is 0.377 e. The number of non-ortho nitro benzene ring substituents is 1. The van der Waals surface area contributed by atoms with Gasteiger partial charge in [0.05, 0.1) is 21.7 Å². The molecular formula is C14H17N3O2S. The van der Waals surface area contributed by atoms with E-state index in [-0.39, 0.29) is 16.7 Å². The normalized spacial score (nSPS) is 12.2. The minimum Gasteiger partial charge on any atom is -0.377 e. The Morgan fingerprint density at radius 1 is 1.35 bits per heavy atom. The lowest BCUT2D eigenvalue weighted by Crippen LogP contribution is -2.07. The molecule has 0 saturated carbocycles. The SMILES string of the molecule is Cc1nc(C)c(C(C)Nc2ccc([N+](=O)[O-])cc2C)s1. The zero-order valence-electron chi connectivity index (χ0n) is 11.9. The van der Waals surface area contributed by atoms with Crippen molar-refractivity contribution < 1.29 is 4.92 Å². The number of nitro benzene ring substituents is 1. The van der Waals surface area contributed by atoms with Crippen LogP contribution < -0.4 is 5.32 Å². The van der Waals surface area contributed by atoms with Crippen molar-refractivity contribution in [1.29, 1.82) is 0 Å². The highest BCUT2D eigenvalue weighted by Gasteiger charge is 2.15. The van der Waals surface area contributed by atoms with Crippen LogP contribution in [0.3, 0.4) is 0 Å². The summed E-state index contributed by atoms with van der Waals surface area (Å²) in [6, 6.07) is 4.99. The Kier molecular flexibility index (Phi) is 4.04. The molecule has 1 aromatic heterocycles. The number of rotatable bonds is 4. The molecule has 1 atom stereocenters. The molecule has 2 aromatic rings. The standard InChI is InChI=1S/C14H17N3O2S/c1-8-7-12(17(18)19)5-6-13(8)16-10(3)14-9(2)15-11(4)20-14/h5-7,10,16H,1-4H3. The zero-order chi connectivity index (χ0) is 14.9. The Bertz CT molecular complexity index is 652. The summed E-state index contributed by atoms with van der Waals surface area (Å²) in [6.07, 6.45) is 0. The highest BCUT2D eigenvalue weighted by molar-refractivity contribution is 7.11. The minimum atomic E-state index is -0.378. The van der Waals surface area contributed by atoms with Gasteiger partial charge in [-0.15, -0.1) is 11.3 Å². The van der Waals surface area contributed by atoms with E-state index in [2.05, 4.69) is 17.2 Å². The molecule has 20 heavy (non-hydrogen) atoms. The second kappa shape index (κ2) is 5.58. The van der Waals surface area contributed by atoms with Crippen LogP contribution in [0.4, 0.5) is 11.4 Å². The molecule has 0 spiro atoms. The van der Waals surface area contributed by atoms with E-state index in [0.29, 0.717) is 0 Å². The van der Waals surface area contributed by atoms with E-state index < -0.39 is 0 Å². The molecule has 1 N–H and O–H groups in total. The van der Waals surface area contributed by atoms with Gasteiger partial charge < -0.3 is 5.32 Å². The fraction of sp³-hybridized carbons (Fsp3) is 0.357. The maximum Gasteiger partial charge on any atom is 0.269 e. The average Bonchev–Trinajstić information content (AvgIpc) is 2.70. The summed E-state index contributed by atoms with van der Waals surface area (Å²) in [5, 5.41) is 15.2. The number of aryl methyl sites for hydroxylation is 3. The van der Waals surface area contributed by atoms with Crippen molar-refractivity contribution in [2.24, 2.45) is 0 Å². The average molecular weight is 291 g/mol. The summed E-state index contributed by atoms with van der Waals surface area (Å²) in [5.41, 5.74) is 2.93. The molecule has 6 heteroatoms. The van der Waals surface area contributed by atoms with Crippen molar-refractivity contribution in [3.63, 3.8) is 0 Å². The van der Waals surface area contributed by atoms with Crippen LogP contribution >= 0.6 is 11.3 Å². The third kappa shape index (κ3) is 2.96. The number of nitro groups is 1. The van der Waals surface area contributed by atoms with Gasteiger partial charge in [0.15, 0.2) is 0 Å². The first-order chi connectivity index (χ1) is 9.38. The van der Waals surface area contributed by atoms with E-state index in [9.17, 15) is 10.1 Å². The molecule has 0 aliphatic rings. The van der Waals surface area contributed by atoms with Crippen LogP contribution in [0.2, 0.25) is 0 Å². The third-order valence-electron chi connectivity index (χ3n) is 3.13. The summed E-state index contributed by atoms with van der Waals surface area (Å²) in [6.45, 7) is 7.93. The highest BCUT2D eigenvalue weighted by Crippen LogP contribution is 2.29. The topological polar surface area (TPSA) is 68.1 Å². The molecule has 0 radical (unpaired) electrons. The zero-order valence-corrected chi connectivity index (χ0v) is 12.7. The highest BCUT2D eigenvalue weighted by atomic mass is 32.1. The van der Waals surface area contributed by atoms with E-state index in [4.69, 9.17) is 0 Å². The van der Waals surface area contributed by atoms with E-state index in [0.717, 1.165) is 22.0 Å². The number of hydrogen-bond acceptors (Lipinski definition) is 5. The molecule has 0 fully saturated rings. The minimum absolute atomic E-state index is 0.116. The van der Waals surface area contributed by atoms with Gasteiger partial charge in [-0.25, -0.2) is 4.98 Å². The Morgan fingerprint density at radius 3 is 2.55 bits per heavy atom. The Balaban J connectivity index is 2.22. The first-order valence-electron chi connectivity index (χ1n) is 6.34. The van der Waals surface area contributed by atoms with Gasteiger partial charge in [0.1, 0.15) is 0 Å². The number of nitrogens with zero attached hydrogens (tertiary/aromatic N) is 2. The molecule has 0 saturated heterocycles. The molecule has 0 amide bonds. The van der Waals surface area contributed by atoms with Crippen molar-refractivity contribution in [3.8, 4) is 0 Å². The molecular weight excluding hydrogens is 274 g/mol. The predicted molar refractivity (Wildman–Crippen MR) is 81.5 cm³/mol. The smallest absolute Gasteiger partial charge is 0.269 e. The number of thiazole rings is 1. The number of nitrogens with one attached hydrogen (secondary N) is 1. The number of benzene rings is 1. The monoisotopic (exact) mass is 291 g/mol. The van der Waals surface area contributed by atoms with Gasteiger partial charge in [0.2, 0.25) is 0 Å². The van der Waals surface area contributed by atoms with Gasteiger partial charge in [-0.3, -0.25) is 10.1 Å². The van der Waals surface area contributed by atoms with Crippen LogP contribution in [0.15, 0.2) is 18.2 Å². The van der Waals surface area contributed by atoms with Crippen molar-refractivity contribution in [1.82, 2.24) is 4.98 Å². The number of hydrogen-bond donors (Lipinski definition) is 1. The molecule has 0 aliphatic heterocycles. The molecule has 106 valence electrons. The van der Waals surface area contributed by atoms with Gasteiger partial charge >= 0.3 is 0 Å². The quantitative estimate of drug-likeness (QED) is 0.678. The first kappa shape index (κ1) is 14.5. The van der Waals surface area contributed by atoms with Crippen LogP contribution in [0.1, 0.15) is 34.1 Å². The van der Waals surface area contributed by atoms with Gasteiger partial charge in [-0.1, -0.05) is 0 Å². The summed E-state index contributed by atoms with van der Waals surface area (Å²) in [5.74, 6) is 0. The van der Waals surface area contributed by atoms with E-state index in [1.165, 1.54) is 10.9 Å². The molecule has 1 heterocycles. The van der Waals surface area contributed by atoms with E-state index in [1.807, 2.05) is 20.8 Å². The van der Waals surface area contributed by atoms with E-state index in [1.54, 1.807) is 23.5 Å². The summed E-state index contributed by atoms with van der Waals surface area (Å²) in [4.78, 5) is 16.0. The van der Waals surface area contributed by atoms with Crippen LogP contribution in [-0.4, -0.2) is 9.91 Å². The summed E-state index contributed by atoms with van der Waals surface area (Å²) >= 11 is 1.67. The first-order valence-corrected chi connectivity index (χ1v) is 7.15. The maximum atomic E-state index is 10.7. The van der Waals surface area contributed by atoms with Gasteiger partial charge in [0.25, 0.3) is 5.69 Å². The van der Waals surface area contributed by atoms with Crippen LogP contribution in [-0.2, 0) is 0 Å². The van der Waals surface area contributed by atoms with Crippen molar-refractivity contribution in [3.05, 3.63) is 49.5 Å². The Morgan fingerprint density at radius 2 is 2.05 bits per heavy atom. The van der Waals surface area contributed by atoms with Gasteiger partial charge in [0, 0.05) is 22.7 Å². The fourth-order valence-electron chi connectivity index (χ4n) is 2.17. The molecule has 5 nitrogen and oxygen atoms in total. The maximum absolute atomic E-state index is 10.7. The molecule has 1 aromatic carbocycles. The molecule has 1 unspecified atom stereocenters. The Hall–Kier alpha value is -1.95. The van der Waals surface area contributed by atoms with Gasteiger partial charge in [-0.05, 0) is 39.3 Å². The number of anilines is 1. The van der Waals surface area contributed by atoms with Crippen molar-refractivity contribution >= 4 is 22.7 Å². The fourth-order valence-corrected chi connectivity index (χ4v) is 3.10. The molecule has 2 rings (SSSR count). The lowest BCUT2D eigenvalue weighted by molar-refractivity contribution is -0.384. The molecule has 0 bridgehead atoms. The van der Waals surface area contributed by atoms with Gasteiger partial charge in [-0.2, -0.15) is 0 Å². The van der Waals surface area contributed by atoms with Crippen LogP contribution in [0.5, 0.6) is 0 Å². The summed E-state index contributed by atoms with van der Waals surface area (Å²) < 4.78 is 0. The second-order valence-corrected chi connectivity index (χ2v) is 6.04. The lowest BCUT2D eigenvalue weighted by Gasteiger charge is -2.16. The van der Waals surface area contributed by atoms with Crippen LogP contribution in [0, 0.1) is 30.9 Å². The Labute approximate surface area is 121 Å². The van der Waals surface area contributed by atoms with E-state index >= 15 is 0 Å². The summed E-state index contributed by atoms with van der Waals surface area (Å²) in [7, 11) is 0. The molecule has 0 aliphatic carbocycles. The van der Waals surface area contributed by atoms with Crippen LogP contribution in [0.25, 0.3) is 0 Å². The number of aromatic nitrogens is 1.